The van der Waals surface area contributed by atoms with E-state index in [-0.39, 0.29) is 48.1 Å². The van der Waals surface area contributed by atoms with E-state index in [2.05, 4.69) is 10.6 Å². The number of aryl methyl sites for hydroxylation is 2. The number of fused-ring (bicyclic) bond motifs is 1. The monoisotopic (exact) mass is 427 g/mol. The number of nitrogens with zero attached hydrogens (tertiary/aromatic N) is 1. The van der Waals surface area contributed by atoms with Crippen molar-refractivity contribution in [2.45, 2.75) is 58.0 Å². The van der Waals surface area contributed by atoms with E-state index in [0.717, 1.165) is 30.5 Å². The summed E-state index contributed by atoms with van der Waals surface area (Å²) in [6.45, 7) is 5.09. The third kappa shape index (κ3) is 4.61. The zero-order valence-electron chi connectivity index (χ0n) is 18.6. The largest absolute Gasteiger partial charge is 0.384 e. The number of hydrogen-bond acceptors (Lipinski definition) is 4. The summed E-state index contributed by atoms with van der Waals surface area (Å²) >= 11 is 0. The number of methoxy groups -OCH3 is 1. The van der Waals surface area contributed by atoms with Gasteiger partial charge in [0.05, 0.1) is 5.92 Å². The molecule has 0 aromatic heterocycles. The Labute approximate surface area is 183 Å². The molecule has 7 nitrogen and oxygen atoms in total. The quantitative estimate of drug-likeness (QED) is 0.753. The molecule has 31 heavy (non-hydrogen) atoms. The van der Waals surface area contributed by atoms with E-state index in [9.17, 15) is 14.4 Å². The molecule has 3 fully saturated rings. The maximum absolute atomic E-state index is 13.0. The molecular weight excluding hydrogens is 394 g/mol. The molecule has 3 amide bonds. The second-order valence-electron chi connectivity index (χ2n) is 9.45. The number of carbonyl (C=O) groups is 3. The Morgan fingerprint density at radius 2 is 2.00 bits per heavy atom. The van der Waals surface area contributed by atoms with Crippen LogP contribution in [0.25, 0.3) is 0 Å². The summed E-state index contributed by atoms with van der Waals surface area (Å²) in [5.41, 5.74) is 3.18. The summed E-state index contributed by atoms with van der Waals surface area (Å²) in [5.74, 6) is 0.320. The number of hydrogen-bond donors (Lipinski definition) is 2. The van der Waals surface area contributed by atoms with Crippen molar-refractivity contribution in [1.29, 1.82) is 0 Å². The first-order chi connectivity index (χ1) is 14.9. The van der Waals surface area contributed by atoms with Crippen molar-refractivity contribution in [3.63, 3.8) is 0 Å². The van der Waals surface area contributed by atoms with E-state index < -0.39 is 0 Å². The lowest BCUT2D eigenvalue weighted by Gasteiger charge is -2.44. The maximum Gasteiger partial charge on any atom is 0.227 e. The van der Waals surface area contributed by atoms with Crippen LogP contribution in [0, 0.1) is 31.6 Å². The van der Waals surface area contributed by atoms with Crippen molar-refractivity contribution in [2.75, 3.05) is 25.2 Å². The standard InChI is InChI=1S/C24H33N3O4/c1-14-4-6-19(8-15(14)2)27-12-16(10-23(27)29)24(30)25-18-5-7-20-17(13-31-3)9-22(28)26-21(20)11-18/h4,6,8,16-18,20-21H,5,7,9-13H2,1-3H3,(H,25,30)(H,26,28). The third-order valence-electron chi connectivity index (χ3n) is 7.33. The van der Waals surface area contributed by atoms with Gasteiger partial charge in [-0.15, -0.1) is 0 Å². The predicted octanol–water partition coefficient (Wildman–Crippen LogP) is 2.09. The highest BCUT2D eigenvalue weighted by Gasteiger charge is 2.42. The number of ether oxygens (including phenoxy) is 1. The van der Waals surface area contributed by atoms with E-state index >= 15 is 0 Å². The first kappa shape index (κ1) is 21.8. The average molecular weight is 428 g/mol. The Morgan fingerprint density at radius 3 is 2.74 bits per heavy atom. The van der Waals surface area contributed by atoms with Gasteiger partial charge in [0.1, 0.15) is 0 Å². The minimum Gasteiger partial charge on any atom is -0.384 e. The van der Waals surface area contributed by atoms with Gasteiger partial charge in [0.2, 0.25) is 17.7 Å². The predicted molar refractivity (Wildman–Crippen MR) is 118 cm³/mol. The molecule has 0 bridgehead atoms. The smallest absolute Gasteiger partial charge is 0.227 e. The first-order valence-corrected chi connectivity index (χ1v) is 11.3. The molecule has 2 saturated heterocycles. The van der Waals surface area contributed by atoms with Gasteiger partial charge < -0.3 is 20.3 Å². The van der Waals surface area contributed by atoms with Crippen LogP contribution >= 0.6 is 0 Å². The molecule has 2 N–H and O–H groups in total. The maximum atomic E-state index is 13.0. The molecule has 0 radical (unpaired) electrons. The molecule has 1 aromatic carbocycles. The van der Waals surface area contributed by atoms with Crippen molar-refractivity contribution in [2.24, 2.45) is 17.8 Å². The number of benzene rings is 1. The fourth-order valence-electron chi connectivity index (χ4n) is 5.45. The molecule has 3 aliphatic rings. The lowest BCUT2D eigenvalue weighted by atomic mass is 9.71. The van der Waals surface area contributed by atoms with E-state index in [4.69, 9.17) is 4.74 Å². The van der Waals surface area contributed by atoms with Crippen molar-refractivity contribution in [3.8, 4) is 0 Å². The summed E-state index contributed by atoms with van der Waals surface area (Å²) < 4.78 is 5.32. The topological polar surface area (TPSA) is 87.7 Å². The number of piperidine rings is 1. The highest BCUT2D eigenvalue weighted by molar-refractivity contribution is 6.00. The fourth-order valence-corrected chi connectivity index (χ4v) is 5.45. The summed E-state index contributed by atoms with van der Waals surface area (Å²) in [6.07, 6.45) is 3.35. The number of nitrogens with one attached hydrogen (secondary N) is 2. The summed E-state index contributed by atoms with van der Waals surface area (Å²) in [4.78, 5) is 39.4. The van der Waals surface area contributed by atoms with Crippen molar-refractivity contribution >= 4 is 23.4 Å². The molecule has 2 heterocycles. The number of carbonyl (C=O) groups excluding carboxylic acids is 3. The van der Waals surface area contributed by atoms with Gasteiger partial charge in [-0.25, -0.2) is 0 Å². The molecule has 1 aliphatic carbocycles. The molecule has 4 rings (SSSR count). The van der Waals surface area contributed by atoms with Crippen LogP contribution in [0.1, 0.15) is 43.2 Å². The van der Waals surface area contributed by atoms with E-state index in [1.165, 1.54) is 5.56 Å². The average Bonchev–Trinajstić information content (AvgIpc) is 3.12. The Balaban J connectivity index is 1.35. The lowest BCUT2D eigenvalue weighted by Crippen LogP contribution is -2.56. The Kier molecular flexibility index (Phi) is 6.32. The van der Waals surface area contributed by atoms with Gasteiger partial charge in [-0.1, -0.05) is 6.07 Å². The number of rotatable bonds is 5. The molecule has 0 spiro atoms. The van der Waals surface area contributed by atoms with Crippen LogP contribution in [-0.4, -0.2) is 50.1 Å². The molecule has 1 aromatic rings. The molecule has 5 atom stereocenters. The van der Waals surface area contributed by atoms with Gasteiger partial charge >= 0.3 is 0 Å². The summed E-state index contributed by atoms with van der Waals surface area (Å²) in [5, 5.41) is 6.28. The van der Waals surface area contributed by atoms with E-state index in [1.54, 1.807) is 12.0 Å². The fraction of sp³-hybridized carbons (Fsp3) is 0.625. The number of amides is 3. The van der Waals surface area contributed by atoms with Crippen molar-refractivity contribution < 1.29 is 19.1 Å². The van der Waals surface area contributed by atoms with Crippen LogP contribution < -0.4 is 15.5 Å². The molecule has 7 heteroatoms. The van der Waals surface area contributed by atoms with E-state index in [1.807, 2.05) is 32.0 Å². The molecule has 168 valence electrons. The minimum atomic E-state index is -0.339. The van der Waals surface area contributed by atoms with Gasteiger partial charge in [-0.3, -0.25) is 14.4 Å². The SMILES string of the molecule is COCC1CC(=O)NC2CC(NC(=O)C3CC(=O)N(c4ccc(C)c(C)c4)C3)CCC12. The Bertz CT molecular complexity index is 870. The van der Waals surface area contributed by atoms with Crippen LogP contribution in [-0.2, 0) is 19.1 Å². The zero-order chi connectivity index (χ0) is 22.1. The summed E-state index contributed by atoms with van der Waals surface area (Å²) in [6, 6.07) is 6.08. The van der Waals surface area contributed by atoms with Gasteiger partial charge in [0.15, 0.2) is 0 Å². The Hall–Kier alpha value is -2.41. The zero-order valence-corrected chi connectivity index (χ0v) is 18.6. The molecule has 5 unspecified atom stereocenters. The van der Waals surface area contributed by atoms with Gasteiger partial charge in [-0.2, -0.15) is 0 Å². The normalized spacial score (nSPS) is 30.7. The first-order valence-electron chi connectivity index (χ1n) is 11.3. The van der Waals surface area contributed by atoms with Crippen LogP contribution in [0.2, 0.25) is 0 Å². The van der Waals surface area contributed by atoms with Gasteiger partial charge in [0.25, 0.3) is 0 Å². The summed E-state index contributed by atoms with van der Waals surface area (Å²) in [7, 11) is 1.68. The molecular formula is C24H33N3O4. The van der Waals surface area contributed by atoms with Gasteiger partial charge in [0, 0.05) is 50.9 Å². The van der Waals surface area contributed by atoms with Crippen LogP contribution in [0.3, 0.4) is 0 Å². The minimum absolute atomic E-state index is 0.00550. The molecule has 1 saturated carbocycles. The third-order valence-corrected chi connectivity index (χ3v) is 7.33. The van der Waals surface area contributed by atoms with Crippen molar-refractivity contribution in [3.05, 3.63) is 29.3 Å². The van der Waals surface area contributed by atoms with Crippen LogP contribution in [0.4, 0.5) is 5.69 Å². The number of anilines is 1. The second-order valence-corrected chi connectivity index (χ2v) is 9.45. The van der Waals surface area contributed by atoms with E-state index in [0.29, 0.717) is 25.5 Å². The highest BCUT2D eigenvalue weighted by atomic mass is 16.5. The Morgan fingerprint density at radius 1 is 1.19 bits per heavy atom. The molecule has 2 aliphatic heterocycles. The lowest BCUT2D eigenvalue weighted by molar-refractivity contribution is -0.129. The van der Waals surface area contributed by atoms with Crippen molar-refractivity contribution in [1.82, 2.24) is 10.6 Å². The second kappa shape index (κ2) is 8.99. The van der Waals surface area contributed by atoms with Crippen LogP contribution in [0.5, 0.6) is 0 Å². The van der Waals surface area contributed by atoms with Crippen LogP contribution in [0.15, 0.2) is 18.2 Å². The van der Waals surface area contributed by atoms with Gasteiger partial charge in [-0.05, 0) is 68.2 Å². The highest BCUT2D eigenvalue weighted by Crippen LogP contribution is 2.36.